The average molecular weight is 715 g/mol. The van der Waals surface area contributed by atoms with E-state index in [0.717, 1.165) is 72.3 Å². The van der Waals surface area contributed by atoms with Crippen LogP contribution >= 0.6 is 0 Å². The number of rotatable bonds is 8. The summed E-state index contributed by atoms with van der Waals surface area (Å²) in [5, 5.41) is 9.76. The summed E-state index contributed by atoms with van der Waals surface area (Å²) in [7, 11) is 0. The number of hydrogen-bond donors (Lipinski definition) is 0. The second kappa shape index (κ2) is 15.3. The van der Waals surface area contributed by atoms with Gasteiger partial charge < -0.3 is 0 Å². The Bertz CT molecular complexity index is 2810. The van der Waals surface area contributed by atoms with Gasteiger partial charge in [0.05, 0.1) is 11.6 Å². The van der Waals surface area contributed by atoms with Crippen LogP contribution in [-0.2, 0) is 0 Å². The van der Waals surface area contributed by atoms with E-state index in [1.165, 1.54) is 0 Å². The van der Waals surface area contributed by atoms with E-state index in [0.29, 0.717) is 23.0 Å². The third-order valence-corrected chi connectivity index (χ3v) is 10.0. The van der Waals surface area contributed by atoms with Crippen molar-refractivity contribution < 1.29 is 0 Å². The summed E-state index contributed by atoms with van der Waals surface area (Å²) in [4.78, 5) is 15.0. The topological polar surface area (TPSA) is 62.5 Å². The predicted octanol–water partition coefficient (Wildman–Crippen LogP) is 13.1. The summed E-state index contributed by atoms with van der Waals surface area (Å²) in [6, 6.07) is 72.9. The maximum absolute atomic E-state index is 9.76. The summed E-state index contributed by atoms with van der Waals surface area (Å²) >= 11 is 0. The molecule has 0 aliphatic carbocycles. The Morgan fingerprint density at radius 3 is 1.02 bits per heavy atom. The Balaban J connectivity index is 1.16. The van der Waals surface area contributed by atoms with Gasteiger partial charge in [0.15, 0.2) is 17.5 Å². The zero-order valence-corrected chi connectivity index (χ0v) is 30.4. The molecule has 9 aromatic rings. The summed E-state index contributed by atoms with van der Waals surface area (Å²) < 4.78 is 0. The van der Waals surface area contributed by atoms with Crippen molar-refractivity contribution in [3.8, 4) is 95.9 Å². The van der Waals surface area contributed by atoms with E-state index in [9.17, 15) is 5.26 Å². The van der Waals surface area contributed by atoms with Crippen LogP contribution in [0.5, 0.6) is 0 Å². The van der Waals surface area contributed by atoms with Crippen LogP contribution in [0.2, 0.25) is 0 Å². The molecule has 0 fully saturated rings. The molecule has 9 rings (SSSR count). The maximum atomic E-state index is 9.76. The lowest BCUT2D eigenvalue weighted by molar-refractivity contribution is 1.07. The Morgan fingerprint density at radius 2 is 0.571 bits per heavy atom. The minimum absolute atomic E-state index is 0.605. The molecular formula is C52H34N4. The highest BCUT2D eigenvalue weighted by Crippen LogP contribution is 2.42. The van der Waals surface area contributed by atoms with Crippen molar-refractivity contribution in [3.63, 3.8) is 0 Å². The molecule has 0 saturated heterocycles. The molecule has 0 amide bonds. The van der Waals surface area contributed by atoms with Gasteiger partial charge in [0.1, 0.15) is 0 Å². The van der Waals surface area contributed by atoms with Crippen molar-refractivity contribution >= 4 is 0 Å². The number of hydrogen-bond acceptors (Lipinski definition) is 4. The first-order valence-electron chi connectivity index (χ1n) is 18.6. The van der Waals surface area contributed by atoms with E-state index in [-0.39, 0.29) is 0 Å². The van der Waals surface area contributed by atoms with Crippen LogP contribution in [0, 0.1) is 11.3 Å². The Morgan fingerprint density at radius 1 is 0.268 bits per heavy atom. The smallest absolute Gasteiger partial charge is 0.164 e. The molecule has 0 aliphatic rings. The fourth-order valence-corrected chi connectivity index (χ4v) is 7.14. The van der Waals surface area contributed by atoms with Crippen molar-refractivity contribution in [1.29, 1.82) is 5.26 Å². The number of nitriles is 1. The average Bonchev–Trinajstić information content (AvgIpc) is 3.30. The molecule has 56 heavy (non-hydrogen) atoms. The van der Waals surface area contributed by atoms with Crippen molar-refractivity contribution in [2.45, 2.75) is 0 Å². The number of aromatic nitrogens is 3. The van der Waals surface area contributed by atoms with Crippen LogP contribution in [0.4, 0.5) is 0 Å². The second-order valence-corrected chi connectivity index (χ2v) is 13.6. The molecular weight excluding hydrogens is 681 g/mol. The molecule has 1 heterocycles. The van der Waals surface area contributed by atoms with Gasteiger partial charge in [0.2, 0.25) is 0 Å². The van der Waals surface area contributed by atoms with E-state index in [2.05, 4.69) is 146 Å². The first kappa shape index (κ1) is 34.1. The first-order chi connectivity index (χ1) is 27.7. The van der Waals surface area contributed by atoms with Crippen LogP contribution in [0.25, 0.3) is 89.8 Å². The predicted molar refractivity (Wildman–Crippen MR) is 228 cm³/mol. The highest BCUT2D eigenvalue weighted by atomic mass is 15.0. The van der Waals surface area contributed by atoms with Gasteiger partial charge in [-0.25, -0.2) is 15.0 Å². The fraction of sp³-hybridized carbons (Fsp3) is 0. The minimum Gasteiger partial charge on any atom is -0.208 e. The van der Waals surface area contributed by atoms with Gasteiger partial charge in [-0.05, 0) is 79.9 Å². The Hall–Kier alpha value is -7.74. The number of nitrogens with zero attached hydrogens (tertiary/aromatic N) is 4. The van der Waals surface area contributed by atoms with Crippen molar-refractivity contribution in [3.05, 3.63) is 212 Å². The SMILES string of the molecule is N#Cc1cccc(-c2cc(-c3ccccc3)c(-c3ccc(-c4nc(-c5ccccc5)nc(-c5ccc(-c6ccccc6)cc5)n4)cc3)cc2-c2ccccc2)c1. The third kappa shape index (κ3) is 7.01. The van der Waals surface area contributed by atoms with Gasteiger partial charge in [0, 0.05) is 16.7 Å². The van der Waals surface area contributed by atoms with Crippen LogP contribution in [-0.4, -0.2) is 15.0 Å². The van der Waals surface area contributed by atoms with Gasteiger partial charge in [-0.3, -0.25) is 0 Å². The summed E-state index contributed by atoms with van der Waals surface area (Å²) in [5.74, 6) is 1.85. The van der Waals surface area contributed by atoms with Gasteiger partial charge in [-0.2, -0.15) is 5.26 Å². The lowest BCUT2D eigenvalue weighted by Gasteiger charge is -2.18. The zero-order valence-electron chi connectivity index (χ0n) is 30.4. The van der Waals surface area contributed by atoms with Gasteiger partial charge in [-0.15, -0.1) is 0 Å². The van der Waals surface area contributed by atoms with Gasteiger partial charge >= 0.3 is 0 Å². The molecule has 0 atom stereocenters. The molecule has 8 aromatic carbocycles. The summed E-state index contributed by atoms with van der Waals surface area (Å²) in [6.45, 7) is 0. The lowest BCUT2D eigenvalue weighted by Crippen LogP contribution is -2.00. The molecule has 4 heteroatoms. The molecule has 0 saturated carbocycles. The van der Waals surface area contributed by atoms with Crippen molar-refractivity contribution in [2.75, 3.05) is 0 Å². The molecule has 0 spiro atoms. The molecule has 4 nitrogen and oxygen atoms in total. The molecule has 1 aromatic heterocycles. The van der Waals surface area contributed by atoms with E-state index < -0.39 is 0 Å². The fourth-order valence-electron chi connectivity index (χ4n) is 7.14. The second-order valence-electron chi connectivity index (χ2n) is 13.6. The summed E-state index contributed by atoms with van der Waals surface area (Å²) in [5.41, 5.74) is 14.3. The van der Waals surface area contributed by atoms with Crippen molar-refractivity contribution in [2.24, 2.45) is 0 Å². The highest BCUT2D eigenvalue weighted by molar-refractivity contribution is 5.95. The quantitative estimate of drug-likeness (QED) is 0.157. The zero-order chi connectivity index (χ0) is 37.7. The van der Waals surface area contributed by atoms with Crippen LogP contribution in [0.3, 0.4) is 0 Å². The maximum Gasteiger partial charge on any atom is 0.164 e. The van der Waals surface area contributed by atoms with Crippen LogP contribution in [0.1, 0.15) is 5.56 Å². The van der Waals surface area contributed by atoms with E-state index >= 15 is 0 Å². The van der Waals surface area contributed by atoms with Crippen LogP contribution < -0.4 is 0 Å². The standard InChI is InChI=1S/C52H34N4/c53-35-36-14-13-23-45(32-36)49-34-46(39-17-7-2-8-18-39)48(33-47(49)40-19-9-3-10-20-40)41-26-30-44(31-27-41)52-55-50(42-21-11-4-12-22-42)54-51(56-52)43-28-24-38(25-29-43)37-15-5-1-6-16-37/h1-34H. The van der Waals surface area contributed by atoms with Crippen molar-refractivity contribution in [1.82, 2.24) is 15.0 Å². The molecule has 0 bridgehead atoms. The van der Waals surface area contributed by atoms with Gasteiger partial charge in [0.25, 0.3) is 0 Å². The van der Waals surface area contributed by atoms with E-state index in [1.807, 2.05) is 66.7 Å². The Labute approximate surface area is 326 Å². The largest absolute Gasteiger partial charge is 0.208 e. The molecule has 262 valence electrons. The molecule has 0 unspecified atom stereocenters. The van der Waals surface area contributed by atoms with Gasteiger partial charge in [-0.1, -0.05) is 182 Å². The monoisotopic (exact) mass is 714 g/mol. The summed E-state index contributed by atoms with van der Waals surface area (Å²) in [6.07, 6.45) is 0. The Kier molecular flexibility index (Phi) is 9.31. The molecule has 0 radical (unpaired) electrons. The van der Waals surface area contributed by atoms with Crippen LogP contribution in [0.15, 0.2) is 206 Å². The molecule has 0 N–H and O–H groups in total. The number of benzene rings is 8. The first-order valence-corrected chi connectivity index (χ1v) is 18.6. The molecule has 0 aliphatic heterocycles. The minimum atomic E-state index is 0.605. The highest BCUT2D eigenvalue weighted by Gasteiger charge is 2.18. The van der Waals surface area contributed by atoms with E-state index in [4.69, 9.17) is 15.0 Å². The lowest BCUT2D eigenvalue weighted by atomic mass is 9.85. The normalized spacial score (nSPS) is 10.8. The third-order valence-electron chi connectivity index (χ3n) is 10.0. The van der Waals surface area contributed by atoms with E-state index in [1.54, 1.807) is 0 Å².